The van der Waals surface area contributed by atoms with Crippen LogP contribution in [0.5, 0.6) is 0 Å². The van der Waals surface area contributed by atoms with Gasteiger partial charge >= 0.3 is 6.18 Å². The van der Waals surface area contributed by atoms with Crippen LogP contribution >= 0.6 is 22.6 Å². The molecule has 1 aromatic rings. The highest BCUT2D eigenvalue weighted by atomic mass is 127. The van der Waals surface area contributed by atoms with Gasteiger partial charge in [-0.1, -0.05) is 12.8 Å². The Kier molecular flexibility index (Phi) is 3.85. The SMILES string of the molecule is FC(F)(F)c1ccc(NC2CCCC2)c(I)c1. The average Bonchev–Trinajstić information content (AvgIpc) is 2.72. The average molecular weight is 355 g/mol. The van der Waals surface area contributed by atoms with Crippen molar-refractivity contribution >= 4 is 28.3 Å². The molecule has 5 heteroatoms. The molecule has 1 nitrogen and oxygen atoms in total. The number of rotatable bonds is 2. The molecule has 1 fully saturated rings. The van der Waals surface area contributed by atoms with Crippen LogP contribution in [0.15, 0.2) is 18.2 Å². The van der Waals surface area contributed by atoms with Crippen molar-refractivity contribution in [2.45, 2.75) is 37.9 Å². The summed E-state index contributed by atoms with van der Waals surface area (Å²) < 4.78 is 38.1. The summed E-state index contributed by atoms with van der Waals surface area (Å²) in [7, 11) is 0. The molecule has 0 radical (unpaired) electrons. The van der Waals surface area contributed by atoms with E-state index in [1.54, 1.807) is 0 Å². The van der Waals surface area contributed by atoms with E-state index in [-0.39, 0.29) is 0 Å². The number of nitrogens with one attached hydrogen (secondary N) is 1. The fraction of sp³-hybridized carbons (Fsp3) is 0.500. The van der Waals surface area contributed by atoms with Crippen LogP contribution in [0.25, 0.3) is 0 Å². The molecule has 0 spiro atoms. The number of alkyl halides is 3. The Morgan fingerprint density at radius 1 is 1.18 bits per heavy atom. The third-order valence-electron chi connectivity index (χ3n) is 3.01. The predicted octanol–water partition coefficient (Wildman–Crippen LogP) is 4.66. The van der Waals surface area contributed by atoms with E-state index in [4.69, 9.17) is 0 Å². The Morgan fingerprint density at radius 2 is 1.82 bits per heavy atom. The lowest BCUT2D eigenvalue weighted by molar-refractivity contribution is -0.137. The zero-order valence-electron chi connectivity index (χ0n) is 9.15. The smallest absolute Gasteiger partial charge is 0.381 e. The van der Waals surface area contributed by atoms with Crippen molar-refractivity contribution in [3.63, 3.8) is 0 Å². The molecule has 2 rings (SSSR count). The molecule has 0 heterocycles. The van der Waals surface area contributed by atoms with Gasteiger partial charge in [0.1, 0.15) is 0 Å². The Bertz CT molecular complexity index is 397. The van der Waals surface area contributed by atoms with Crippen molar-refractivity contribution in [2.24, 2.45) is 0 Å². The van der Waals surface area contributed by atoms with Crippen molar-refractivity contribution < 1.29 is 13.2 Å². The van der Waals surface area contributed by atoms with Crippen molar-refractivity contribution in [1.29, 1.82) is 0 Å². The number of hydrogen-bond donors (Lipinski definition) is 1. The van der Waals surface area contributed by atoms with Gasteiger partial charge in [-0.3, -0.25) is 0 Å². The Hall–Kier alpha value is -0.460. The van der Waals surface area contributed by atoms with E-state index >= 15 is 0 Å². The van der Waals surface area contributed by atoms with E-state index in [0.29, 0.717) is 9.61 Å². The summed E-state index contributed by atoms with van der Waals surface area (Å²) in [6.45, 7) is 0. The van der Waals surface area contributed by atoms with Crippen LogP contribution in [0.1, 0.15) is 31.2 Å². The molecule has 1 aliphatic rings. The first-order chi connectivity index (χ1) is 7.97. The van der Waals surface area contributed by atoms with Crippen LogP contribution in [0.2, 0.25) is 0 Å². The van der Waals surface area contributed by atoms with Crippen molar-refractivity contribution in [2.75, 3.05) is 5.32 Å². The lowest BCUT2D eigenvalue weighted by Crippen LogP contribution is -2.15. The van der Waals surface area contributed by atoms with Crippen LogP contribution in [-0.2, 0) is 6.18 Å². The largest absolute Gasteiger partial charge is 0.416 e. The van der Waals surface area contributed by atoms with Crippen molar-refractivity contribution in [3.05, 3.63) is 27.3 Å². The molecule has 0 atom stereocenters. The van der Waals surface area contributed by atoms with Crippen LogP contribution in [0, 0.1) is 3.57 Å². The molecule has 0 bridgehead atoms. The van der Waals surface area contributed by atoms with Gasteiger partial charge in [-0.25, -0.2) is 0 Å². The van der Waals surface area contributed by atoms with Crippen LogP contribution < -0.4 is 5.32 Å². The summed E-state index contributed by atoms with van der Waals surface area (Å²) in [4.78, 5) is 0. The second kappa shape index (κ2) is 5.04. The molecule has 0 aliphatic heterocycles. The van der Waals surface area contributed by atoms with Crippen molar-refractivity contribution in [3.8, 4) is 0 Å². The summed E-state index contributed by atoms with van der Waals surface area (Å²) in [5.41, 5.74) is 0.226. The van der Waals surface area contributed by atoms with Crippen molar-refractivity contribution in [1.82, 2.24) is 0 Å². The Balaban J connectivity index is 2.14. The second-order valence-electron chi connectivity index (χ2n) is 4.32. The van der Waals surface area contributed by atoms with E-state index in [0.717, 1.165) is 24.6 Å². The number of halogens is 4. The zero-order valence-corrected chi connectivity index (χ0v) is 11.3. The van der Waals surface area contributed by atoms with Gasteiger partial charge in [-0.05, 0) is 53.6 Å². The third-order valence-corrected chi connectivity index (χ3v) is 3.90. The molecule has 0 saturated heterocycles. The van der Waals surface area contributed by atoms with Crippen LogP contribution in [-0.4, -0.2) is 6.04 Å². The van der Waals surface area contributed by atoms with Crippen LogP contribution in [0.4, 0.5) is 18.9 Å². The zero-order chi connectivity index (χ0) is 12.5. The molecule has 1 aromatic carbocycles. The van der Waals surface area contributed by atoms with E-state index < -0.39 is 11.7 Å². The molecule has 0 aromatic heterocycles. The number of benzene rings is 1. The molecule has 0 amide bonds. The quantitative estimate of drug-likeness (QED) is 0.761. The maximum atomic E-state index is 12.5. The van der Waals surface area contributed by atoms with Crippen LogP contribution in [0.3, 0.4) is 0 Å². The summed E-state index contributed by atoms with van der Waals surface area (Å²) in [6.07, 6.45) is 0.365. The molecule has 94 valence electrons. The molecular weight excluding hydrogens is 342 g/mol. The van der Waals surface area contributed by atoms with Gasteiger partial charge in [0, 0.05) is 15.3 Å². The molecule has 1 aliphatic carbocycles. The lowest BCUT2D eigenvalue weighted by Gasteiger charge is -2.16. The standard InChI is InChI=1S/C12H13F3IN/c13-12(14,15)8-5-6-11(10(16)7-8)17-9-3-1-2-4-9/h5-7,9,17H,1-4H2. The van der Waals surface area contributed by atoms with Gasteiger partial charge < -0.3 is 5.32 Å². The molecule has 1 saturated carbocycles. The predicted molar refractivity (Wildman–Crippen MR) is 70.0 cm³/mol. The van der Waals surface area contributed by atoms with E-state index in [2.05, 4.69) is 5.32 Å². The summed E-state index contributed by atoms with van der Waals surface area (Å²) in [5, 5.41) is 3.31. The molecule has 17 heavy (non-hydrogen) atoms. The highest BCUT2D eigenvalue weighted by Crippen LogP contribution is 2.33. The summed E-state index contributed by atoms with van der Waals surface area (Å²) in [6, 6.07) is 4.28. The third kappa shape index (κ3) is 3.26. The van der Waals surface area contributed by atoms with Gasteiger partial charge in [0.25, 0.3) is 0 Å². The molecular formula is C12H13F3IN. The minimum absolute atomic E-state index is 0.417. The first-order valence-corrected chi connectivity index (χ1v) is 6.68. The number of hydrogen-bond acceptors (Lipinski definition) is 1. The maximum absolute atomic E-state index is 12.5. The topological polar surface area (TPSA) is 12.0 Å². The first kappa shape index (κ1) is 13.0. The number of anilines is 1. The van der Waals surface area contributed by atoms with Gasteiger partial charge in [-0.2, -0.15) is 13.2 Å². The minimum Gasteiger partial charge on any atom is -0.381 e. The van der Waals surface area contributed by atoms with E-state index in [9.17, 15) is 13.2 Å². The monoisotopic (exact) mass is 355 g/mol. The highest BCUT2D eigenvalue weighted by molar-refractivity contribution is 14.1. The molecule has 1 N–H and O–H groups in total. The lowest BCUT2D eigenvalue weighted by atomic mass is 10.1. The normalized spacial score (nSPS) is 17.4. The van der Waals surface area contributed by atoms with Gasteiger partial charge in [0.2, 0.25) is 0 Å². The first-order valence-electron chi connectivity index (χ1n) is 5.60. The highest BCUT2D eigenvalue weighted by Gasteiger charge is 2.30. The summed E-state index contributed by atoms with van der Waals surface area (Å²) in [5.74, 6) is 0. The minimum atomic E-state index is -4.26. The van der Waals surface area contributed by atoms with Gasteiger partial charge in [-0.15, -0.1) is 0 Å². The molecule has 0 unspecified atom stereocenters. The van der Waals surface area contributed by atoms with Gasteiger partial charge in [0.15, 0.2) is 0 Å². The Morgan fingerprint density at radius 3 is 2.35 bits per heavy atom. The Labute approximate surface area is 112 Å². The maximum Gasteiger partial charge on any atom is 0.416 e. The fourth-order valence-electron chi connectivity index (χ4n) is 2.10. The van der Waals surface area contributed by atoms with Gasteiger partial charge in [0.05, 0.1) is 5.56 Å². The second-order valence-corrected chi connectivity index (χ2v) is 5.48. The fourth-order valence-corrected chi connectivity index (χ4v) is 2.77. The summed E-state index contributed by atoms with van der Waals surface area (Å²) >= 11 is 1.95. The van der Waals surface area contributed by atoms with E-state index in [1.807, 2.05) is 22.6 Å². The van der Waals surface area contributed by atoms with E-state index in [1.165, 1.54) is 25.0 Å².